The zero-order chi connectivity index (χ0) is 20.1. The first-order valence-corrected chi connectivity index (χ1v) is 9.89. The number of rotatable bonds is 5. The Morgan fingerprint density at radius 2 is 1.89 bits per heavy atom. The number of hydrogen-bond acceptors (Lipinski definition) is 3. The summed E-state index contributed by atoms with van der Waals surface area (Å²) in [6.45, 7) is 5.43. The number of carbonyl (C=O) groups is 2. The Kier molecular flexibility index (Phi) is 6.57. The van der Waals surface area contributed by atoms with E-state index in [4.69, 9.17) is 16.3 Å². The summed E-state index contributed by atoms with van der Waals surface area (Å²) in [5.41, 5.74) is 1.87. The van der Waals surface area contributed by atoms with Crippen molar-refractivity contribution in [2.45, 2.75) is 26.7 Å². The zero-order valence-corrected chi connectivity index (χ0v) is 17.0. The molecule has 1 aliphatic rings. The third kappa shape index (κ3) is 5.04. The van der Waals surface area contributed by atoms with Gasteiger partial charge in [0, 0.05) is 18.1 Å². The lowest BCUT2D eigenvalue weighted by Crippen LogP contribution is -2.38. The van der Waals surface area contributed by atoms with Gasteiger partial charge in [0.25, 0.3) is 11.8 Å². The molecule has 0 saturated carbocycles. The van der Waals surface area contributed by atoms with Crippen LogP contribution in [0.3, 0.4) is 0 Å². The molecular weight excluding hydrogens is 376 g/mol. The summed E-state index contributed by atoms with van der Waals surface area (Å²) in [7, 11) is 0. The van der Waals surface area contributed by atoms with Gasteiger partial charge in [-0.15, -0.1) is 0 Å². The lowest BCUT2D eigenvalue weighted by Gasteiger charge is -2.30. The SMILES string of the molecule is Cc1cc(Cl)ccc1OCC(=O)Nc1ccccc1C(=O)N1CCC(C)CC1. The maximum absolute atomic E-state index is 12.9. The Bertz CT molecular complexity index is 861. The molecule has 1 fully saturated rings. The number of nitrogens with one attached hydrogen (secondary N) is 1. The fourth-order valence-electron chi connectivity index (χ4n) is 3.26. The average Bonchev–Trinajstić information content (AvgIpc) is 2.68. The van der Waals surface area contributed by atoms with Gasteiger partial charge in [0.05, 0.1) is 11.3 Å². The molecule has 0 spiro atoms. The molecule has 0 unspecified atom stereocenters. The average molecular weight is 401 g/mol. The lowest BCUT2D eigenvalue weighted by atomic mass is 9.98. The molecule has 0 aliphatic carbocycles. The standard InChI is InChI=1S/C22H25ClN2O3/c1-15-9-11-25(12-10-15)22(27)18-5-3-4-6-19(18)24-21(26)14-28-20-8-7-17(23)13-16(20)2/h3-8,13,15H,9-12,14H2,1-2H3,(H,24,26). The molecule has 0 atom stereocenters. The third-order valence-corrected chi connectivity index (χ3v) is 5.23. The highest BCUT2D eigenvalue weighted by Gasteiger charge is 2.23. The van der Waals surface area contributed by atoms with E-state index in [-0.39, 0.29) is 18.4 Å². The zero-order valence-electron chi connectivity index (χ0n) is 16.2. The van der Waals surface area contributed by atoms with Crippen LogP contribution in [0.5, 0.6) is 5.75 Å². The van der Waals surface area contributed by atoms with Crippen molar-refractivity contribution in [3.05, 3.63) is 58.6 Å². The van der Waals surface area contributed by atoms with Crippen LogP contribution < -0.4 is 10.1 Å². The Morgan fingerprint density at radius 3 is 2.61 bits per heavy atom. The fraction of sp³-hybridized carbons (Fsp3) is 0.364. The Morgan fingerprint density at radius 1 is 1.18 bits per heavy atom. The number of para-hydroxylation sites is 1. The molecule has 2 aromatic rings. The first kappa shape index (κ1) is 20.2. The van der Waals surface area contributed by atoms with Gasteiger partial charge in [0.1, 0.15) is 5.75 Å². The van der Waals surface area contributed by atoms with Crippen molar-refractivity contribution in [2.75, 3.05) is 25.0 Å². The number of benzene rings is 2. The second kappa shape index (κ2) is 9.11. The van der Waals surface area contributed by atoms with Crippen LogP contribution in [0.4, 0.5) is 5.69 Å². The maximum atomic E-state index is 12.9. The van der Waals surface area contributed by atoms with Gasteiger partial charge in [0.2, 0.25) is 0 Å². The van der Waals surface area contributed by atoms with Crippen molar-refractivity contribution >= 4 is 29.1 Å². The molecule has 2 aromatic carbocycles. The van der Waals surface area contributed by atoms with Crippen LogP contribution in [-0.4, -0.2) is 36.4 Å². The molecule has 3 rings (SSSR count). The lowest BCUT2D eigenvalue weighted by molar-refractivity contribution is -0.118. The minimum atomic E-state index is -0.318. The summed E-state index contributed by atoms with van der Waals surface area (Å²) in [5, 5.41) is 3.42. The number of anilines is 1. The molecule has 1 N–H and O–H groups in total. The summed E-state index contributed by atoms with van der Waals surface area (Å²) in [6.07, 6.45) is 2.02. The molecule has 6 heteroatoms. The quantitative estimate of drug-likeness (QED) is 0.801. The van der Waals surface area contributed by atoms with Crippen molar-refractivity contribution in [3.8, 4) is 5.75 Å². The number of ether oxygens (including phenoxy) is 1. The van der Waals surface area contributed by atoms with Crippen LogP contribution in [0.1, 0.15) is 35.7 Å². The van der Waals surface area contributed by atoms with E-state index in [0.29, 0.717) is 27.9 Å². The van der Waals surface area contributed by atoms with Crippen LogP contribution in [-0.2, 0) is 4.79 Å². The van der Waals surface area contributed by atoms with E-state index < -0.39 is 0 Å². The summed E-state index contributed by atoms with van der Waals surface area (Å²) >= 11 is 5.94. The van der Waals surface area contributed by atoms with Crippen LogP contribution in [0, 0.1) is 12.8 Å². The number of carbonyl (C=O) groups excluding carboxylic acids is 2. The fourth-order valence-corrected chi connectivity index (χ4v) is 3.49. The van der Waals surface area contributed by atoms with E-state index in [1.165, 1.54) is 0 Å². The van der Waals surface area contributed by atoms with E-state index >= 15 is 0 Å². The molecule has 1 heterocycles. The molecule has 2 amide bonds. The maximum Gasteiger partial charge on any atom is 0.262 e. The number of nitrogens with zero attached hydrogens (tertiary/aromatic N) is 1. The molecule has 0 aromatic heterocycles. The van der Waals surface area contributed by atoms with Crippen molar-refractivity contribution in [1.29, 1.82) is 0 Å². The van der Waals surface area contributed by atoms with Crippen LogP contribution in [0.25, 0.3) is 0 Å². The van der Waals surface area contributed by atoms with Gasteiger partial charge in [0.15, 0.2) is 6.61 Å². The van der Waals surface area contributed by atoms with Crippen LogP contribution >= 0.6 is 11.6 Å². The van der Waals surface area contributed by atoms with E-state index in [0.717, 1.165) is 31.5 Å². The first-order valence-electron chi connectivity index (χ1n) is 9.51. The summed E-state index contributed by atoms with van der Waals surface area (Å²) in [4.78, 5) is 27.1. The Hall–Kier alpha value is -2.53. The minimum absolute atomic E-state index is 0.0442. The van der Waals surface area contributed by atoms with Crippen molar-refractivity contribution in [1.82, 2.24) is 4.90 Å². The monoisotopic (exact) mass is 400 g/mol. The van der Waals surface area contributed by atoms with Crippen LogP contribution in [0.15, 0.2) is 42.5 Å². The molecule has 148 valence electrons. The molecule has 0 radical (unpaired) electrons. The van der Waals surface area contributed by atoms with E-state index in [1.807, 2.05) is 17.9 Å². The molecule has 1 saturated heterocycles. The highest BCUT2D eigenvalue weighted by Crippen LogP contribution is 2.23. The first-order chi connectivity index (χ1) is 13.4. The van der Waals surface area contributed by atoms with Crippen LogP contribution in [0.2, 0.25) is 5.02 Å². The Balaban J connectivity index is 1.64. The van der Waals surface area contributed by atoms with Gasteiger partial charge in [-0.3, -0.25) is 9.59 Å². The summed E-state index contributed by atoms with van der Waals surface area (Å²) < 4.78 is 5.59. The minimum Gasteiger partial charge on any atom is -0.483 e. The van der Waals surface area contributed by atoms with Gasteiger partial charge in [-0.2, -0.15) is 0 Å². The number of amides is 2. The molecular formula is C22H25ClN2O3. The predicted octanol–water partition coefficient (Wildman–Crippen LogP) is 4.54. The molecule has 1 aliphatic heterocycles. The predicted molar refractivity (Wildman–Crippen MR) is 111 cm³/mol. The number of aryl methyl sites for hydroxylation is 1. The topological polar surface area (TPSA) is 58.6 Å². The number of piperidine rings is 1. The normalized spacial score (nSPS) is 14.6. The smallest absolute Gasteiger partial charge is 0.262 e. The number of hydrogen-bond donors (Lipinski definition) is 1. The van der Waals surface area contributed by atoms with Gasteiger partial charge in [-0.05, 0) is 61.6 Å². The van der Waals surface area contributed by atoms with Gasteiger partial charge < -0.3 is 15.0 Å². The van der Waals surface area contributed by atoms with E-state index in [2.05, 4.69) is 12.2 Å². The van der Waals surface area contributed by atoms with Crippen molar-refractivity contribution in [2.24, 2.45) is 5.92 Å². The van der Waals surface area contributed by atoms with E-state index in [1.54, 1.807) is 36.4 Å². The highest BCUT2D eigenvalue weighted by atomic mass is 35.5. The number of likely N-dealkylation sites (tertiary alicyclic amines) is 1. The molecule has 5 nitrogen and oxygen atoms in total. The van der Waals surface area contributed by atoms with Gasteiger partial charge >= 0.3 is 0 Å². The molecule has 28 heavy (non-hydrogen) atoms. The highest BCUT2D eigenvalue weighted by molar-refractivity contribution is 6.30. The summed E-state index contributed by atoms with van der Waals surface area (Å²) in [6, 6.07) is 12.3. The largest absolute Gasteiger partial charge is 0.483 e. The second-order valence-electron chi connectivity index (χ2n) is 7.27. The van der Waals surface area contributed by atoms with E-state index in [9.17, 15) is 9.59 Å². The third-order valence-electron chi connectivity index (χ3n) is 5.00. The second-order valence-corrected chi connectivity index (χ2v) is 7.70. The number of halogens is 1. The van der Waals surface area contributed by atoms with Crippen molar-refractivity contribution < 1.29 is 14.3 Å². The van der Waals surface area contributed by atoms with Gasteiger partial charge in [-0.25, -0.2) is 0 Å². The van der Waals surface area contributed by atoms with Gasteiger partial charge in [-0.1, -0.05) is 30.7 Å². The van der Waals surface area contributed by atoms with Crippen molar-refractivity contribution in [3.63, 3.8) is 0 Å². The molecule has 0 bridgehead atoms. The summed E-state index contributed by atoms with van der Waals surface area (Å²) in [5.74, 6) is 0.887. The Labute approximate surface area is 170 Å².